The number of hydrogen-bond acceptors (Lipinski definition) is 7. The first-order valence-corrected chi connectivity index (χ1v) is 10.5. The summed E-state index contributed by atoms with van der Waals surface area (Å²) in [6.07, 6.45) is 1.81. The molecule has 29 heavy (non-hydrogen) atoms. The maximum atomic E-state index is 11.9. The molecule has 0 unspecified atom stereocenters. The average Bonchev–Trinajstić information content (AvgIpc) is 2.72. The Morgan fingerprint density at radius 2 is 1.38 bits per heavy atom. The van der Waals surface area contributed by atoms with Crippen LogP contribution in [0.25, 0.3) is 0 Å². The summed E-state index contributed by atoms with van der Waals surface area (Å²) in [5.41, 5.74) is 0.426. The summed E-state index contributed by atoms with van der Waals surface area (Å²) in [4.78, 5) is 16.0. The molecule has 0 saturated carbocycles. The minimum atomic E-state index is -0.0881. The van der Waals surface area contributed by atoms with E-state index >= 15 is 0 Å². The van der Waals surface area contributed by atoms with Crippen molar-refractivity contribution < 1.29 is 28.5 Å². The van der Waals surface area contributed by atoms with Gasteiger partial charge >= 0.3 is 0 Å². The number of nitrogens with zero attached hydrogens (tertiary/aromatic N) is 1. The zero-order chi connectivity index (χ0) is 21.9. The summed E-state index contributed by atoms with van der Waals surface area (Å²) in [5.74, 6) is 0.535. The molecule has 0 N–H and O–H groups in total. The topological polar surface area (TPSA) is 76.1 Å². The molecule has 7 heteroatoms. The molecule has 168 valence electrons. The molecule has 0 atom stereocenters. The standard InChI is InChI=1S/C20H33NO6.C2H6/c1-16(2)20(22)19-15-18(5-6-21-19)27-14-12-25-10-8-23-7-9-24-11-13-26-17(3)4;1-2/h5-6,15-17H,7-14H2,1-4H3;1-2H3. The molecule has 0 aliphatic rings. The van der Waals surface area contributed by atoms with E-state index in [0.717, 1.165) is 0 Å². The Hall–Kier alpha value is -1.54. The van der Waals surface area contributed by atoms with Gasteiger partial charge in [0.1, 0.15) is 18.1 Å². The Labute approximate surface area is 176 Å². The third-order valence-electron chi connectivity index (χ3n) is 3.43. The van der Waals surface area contributed by atoms with Gasteiger partial charge < -0.3 is 23.7 Å². The van der Waals surface area contributed by atoms with Gasteiger partial charge in [-0.15, -0.1) is 0 Å². The van der Waals surface area contributed by atoms with Crippen molar-refractivity contribution in [2.75, 3.05) is 52.9 Å². The molecule has 1 aromatic heterocycles. The molecule has 1 aromatic rings. The number of hydrogen-bond donors (Lipinski definition) is 0. The molecule has 1 heterocycles. The van der Waals surface area contributed by atoms with Crippen LogP contribution in [0, 0.1) is 5.92 Å². The highest BCUT2D eigenvalue weighted by Crippen LogP contribution is 2.14. The van der Waals surface area contributed by atoms with Crippen molar-refractivity contribution in [1.29, 1.82) is 0 Å². The van der Waals surface area contributed by atoms with E-state index in [-0.39, 0.29) is 17.8 Å². The maximum Gasteiger partial charge on any atom is 0.183 e. The van der Waals surface area contributed by atoms with Gasteiger partial charge in [0.2, 0.25) is 0 Å². The molecule has 0 fully saturated rings. The second-order valence-corrected chi connectivity index (χ2v) is 6.50. The van der Waals surface area contributed by atoms with Crippen molar-refractivity contribution in [3.63, 3.8) is 0 Å². The number of carbonyl (C=O) groups excluding carboxylic acids is 1. The van der Waals surface area contributed by atoms with Gasteiger partial charge in [0, 0.05) is 18.2 Å². The lowest BCUT2D eigenvalue weighted by Gasteiger charge is -2.10. The quantitative estimate of drug-likeness (QED) is 0.301. The van der Waals surface area contributed by atoms with Crippen LogP contribution in [-0.2, 0) is 18.9 Å². The average molecular weight is 414 g/mol. The van der Waals surface area contributed by atoms with Crippen LogP contribution < -0.4 is 4.74 Å². The first kappa shape index (κ1) is 27.5. The smallest absolute Gasteiger partial charge is 0.183 e. The highest BCUT2D eigenvalue weighted by atomic mass is 16.6. The van der Waals surface area contributed by atoms with Gasteiger partial charge in [0.15, 0.2) is 5.78 Å². The first-order valence-electron chi connectivity index (χ1n) is 10.5. The van der Waals surface area contributed by atoms with Crippen LogP contribution in [0.5, 0.6) is 5.75 Å². The van der Waals surface area contributed by atoms with Gasteiger partial charge in [-0.1, -0.05) is 27.7 Å². The normalized spacial score (nSPS) is 10.8. The number of ether oxygens (including phenoxy) is 5. The fourth-order valence-electron chi connectivity index (χ4n) is 2.03. The van der Waals surface area contributed by atoms with Crippen molar-refractivity contribution in [2.45, 2.75) is 47.6 Å². The number of aromatic nitrogens is 1. The predicted molar refractivity (Wildman–Crippen MR) is 114 cm³/mol. The lowest BCUT2D eigenvalue weighted by atomic mass is 10.1. The highest BCUT2D eigenvalue weighted by molar-refractivity contribution is 5.95. The molecule has 0 radical (unpaired) electrons. The van der Waals surface area contributed by atoms with Gasteiger partial charge in [-0.3, -0.25) is 9.78 Å². The van der Waals surface area contributed by atoms with Gasteiger partial charge in [0.05, 0.1) is 52.4 Å². The van der Waals surface area contributed by atoms with Crippen LogP contribution in [0.15, 0.2) is 18.3 Å². The van der Waals surface area contributed by atoms with Gasteiger partial charge in [-0.05, 0) is 19.9 Å². The first-order chi connectivity index (χ1) is 14.0. The summed E-state index contributed by atoms with van der Waals surface area (Å²) in [6.45, 7) is 15.8. The molecule has 1 rings (SSSR count). The van der Waals surface area contributed by atoms with Crippen LogP contribution >= 0.6 is 0 Å². The summed E-state index contributed by atoms with van der Waals surface area (Å²) in [5, 5.41) is 0. The molecule has 0 spiro atoms. The van der Waals surface area contributed by atoms with E-state index < -0.39 is 0 Å². The van der Waals surface area contributed by atoms with Gasteiger partial charge in [-0.2, -0.15) is 0 Å². The van der Waals surface area contributed by atoms with Crippen molar-refractivity contribution in [3.8, 4) is 5.75 Å². The van der Waals surface area contributed by atoms with Crippen LogP contribution in [0.4, 0.5) is 0 Å². The largest absolute Gasteiger partial charge is 0.491 e. The van der Waals surface area contributed by atoms with E-state index in [1.54, 1.807) is 18.3 Å². The van der Waals surface area contributed by atoms with E-state index in [1.807, 2.05) is 41.5 Å². The van der Waals surface area contributed by atoms with Gasteiger partial charge in [0.25, 0.3) is 0 Å². The lowest BCUT2D eigenvalue weighted by Crippen LogP contribution is -2.14. The van der Waals surface area contributed by atoms with E-state index in [1.165, 1.54) is 0 Å². The van der Waals surface area contributed by atoms with Gasteiger partial charge in [-0.25, -0.2) is 0 Å². The Morgan fingerprint density at radius 1 is 0.862 bits per heavy atom. The van der Waals surface area contributed by atoms with Crippen molar-refractivity contribution in [2.24, 2.45) is 5.92 Å². The second-order valence-electron chi connectivity index (χ2n) is 6.50. The highest BCUT2D eigenvalue weighted by Gasteiger charge is 2.12. The Balaban J connectivity index is 0.00000379. The van der Waals surface area contributed by atoms with Crippen LogP contribution in [0.2, 0.25) is 0 Å². The van der Waals surface area contributed by atoms with Crippen molar-refractivity contribution in [3.05, 3.63) is 24.0 Å². The maximum absolute atomic E-state index is 11.9. The van der Waals surface area contributed by atoms with E-state index in [4.69, 9.17) is 23.7 Å². The molecule has 0 amide bonds. The SMILES string of the molecule is CC.CC(C)OCCOCCOCCOCCOc1ccnc(C(=O)C(C)C)c1. The van der Waals surface area contributed by atoms with Crippen LogP contribution in [0.1, 0.15) is 52.0 Å². The summed E-state index contributed by atoms with van der Waals surface area (Å²) >= 11 is 0. The predicted octanol–water partition coefficient (Wildman–Crippen LogP) is 3.80. The number of pyridine rings is 1. The number of Topliss-reactive ketones (excluding diaryl/α,β-unsaturated/α-hetero) is 1. The zero-order valence-corrected chi connectivity index (χ0v) is 18.9. The lowest BCUT2D eigenvalue weighted by molar-refractivity contribution is -0.0134. The fourth-order valence-corrected chi connectivity index (χ4v) is 2.03. The molecule has 0 bridgehead atoms. The molecular weight excluding hydrogens is 374 g/mol. The van der Waals surface area contributed by atoms with Crippen LogP contribution in [-0.4, -0.2) is 69.7 Å². The summed E-state index contributed by atoms with van der Waals surface area (Å²) < 4.78 is 27.2. The Kier molecular flexibility index (Phi) is 17.5. The minimum absolute atomic E-state index is 0.00489. The number of rotatable bonds is 16. The number of ketones is 1. The fraction of sp³-hybridized carbons (Fsp3) is 0.727. The molecular formula is C22H39NO6. The summed E-state index contributed by atoms with van der Waals surface area (Å²) in [6, 6.07) is 3.39. The minimum Gasteiger partial charge on any atom is -0.491 e. The third kappa shape index (κ3) is 15.0. The van der Waals surface area contributed by atoms with Crippen molar-refractivity contribution >= 4 is 5.78 Å². The molecule has 7 nitrogen and oxygen atoms in total. The molecule has 0 saturated heterocycles. The molecule has 0 aliphatic carbocycles. The number of carbonyl (C=O) groups is 1. The van der Waals surface area contributed by atoms with Crippen LogP contribution in [0.3, 0.4) is 0 Å². The second kappa shape index (κ2) is 18.5. The Morgan fingerprint density at radius 3 is 1.90 bits per heavy atom. The molecule has 0 aliphatic heterocycles. The van der Waals surface area contributed by atoms with Crippen molar-refractivity contribution in [1.82, 2.24) is 4.98 Å². The summed E-state index contributed by atoms with van der Waals surface area (Å²) in [7, 11) is 0. The third-order valence-corrected chi connectivity index (χ3v) is 3.43. The Bertz CT molecular complexity index is 522. The van der Waals surface area contributed by atoms with E-state index in [0.29, 0.717) is 64.3 Å². The zero-order valence-electron chi connectivity index (χ0n) is 18.9. The van der Waals surface area contributed by atoms with E-state index in [2.05, 4.69) is 4.98 Å². The monoisotopic (exact) mass is 413 g/mol. The molecule has 0 aromatic carbocycles. The van der Waals surface area contributed by atoms with E-state index in [9.17, 15) is 4.79 Å².